The maximum absolute atomic E-state index is 12.4. The number of nitrogens with one attached hydrogen (secondary N) is 2. The van der Waals surface area contributed by atoms with Crippen molar-refractivity contribution < 1.29 is 9.53 Å². The van der Waals surface area contributed by atoms with Gasteiger partial charge in [0.15, 0.2) is 0 Å². The average Bonchev–Trinajstić information content (AvgIpc) is 2.78. The number of H-pyrrole nitrogens is 1. The third kappa shape index (κ3) is 2.98. The molecule has 1 fully saturated rings. The zero-order valence-corrected chi connectivity index (χ0v) is 15.1. The number of nitrogens with zero attached hydrogens (tertiary/aromatic N) is 1. The molecule has 2 aromatic rings. The summed E-state index contributed by atoms with van der Waals surface area (Å²) in [6, 6.07) is 0. The van der Waals surface area contributed by atoms with E-state index in [1.807, 2.05) is 13.8 Å². The number of carbonyl (C=O) groups is 1. The number of rotatable bonds is 6. The van der Waals surface area contributed by atoms with Gasteiger partial charge in [0.05, 0.1) is 17.4 Å². The van der Waals surface area contributed by atoms with Crippen LogP contribution >= 0.6 is 11.3 Å². The Morgan fingerprint density at radius 3 is 2.79 bits per heavy atom. The van der Waals surface area contributed by atoms with Gasteiger partial charge in [0.2, 0.25) is 5.91 Å². The Kier molecular flexibility index (Phi) is 4.73. The fourth-order valence-electron chi connectivity index (χ4n) is 3.22. The molecule has 0 unspecified atom stereocenters. The fraction of sp³-hybridized carbons (Fsp3) is 0.588. The van der Waals surface area contributed by atoms with Gasteiger partial charge >= 0.3 is 0 Å². The Labute approximate surface area is 144 Å². The Balaban J connectivity index is 1.66. The number of aromatic amines is 1. The number of ether oxygens (including phenoxy) is 1. The molecule has 0 radical (unpaired) electrons. The summed E-state index contributed by atoms with van der Waals surface area (Å²) in [5.74, 6) is 0.658. The molecule has 1 aliphatic carbocycles. The molecular weight excluding hydrogens is 326 g/mol. The molecule has 0 bridgehead atoms. The van der Waals surface area contributed by atoms with E-state index in [-0.39, 0.29) is 16.9 Å². The lowest BCUT2D eigenvalue weighted by molar-refractivity contribution is -0.140. The van der Waals surface area contributed by atoms with Crippen LogP contribution in [0.1, 0.15) is 35.5 Å². The number of carbonyl (C=O) groups excluding carboxylic acids is 1. The summed E-state index contributed by atoms with van der Waals surface area (Å²) in [5.41, 5.74) is 0.537. The van der Waals surface area contributed by atoms with E-state index in [0.29, 0.717) is 30.8 Å². The van der Waals surface area contributed by atoms with Gasteiger partial charge in [-0.2, -0.15) is 0 Å². The number of aryl methyl sites for hydroxylation is 2. The number of fused-ring (bicyclic) bond motifs is 1. The number of methoxy groups -OCH3 is 1. The molecule has 7 heteroatoms. The third-order valence-electron chi connectivity index (χ3n) is 4.95. The lowest BCUT2D eigenvalue weighted by Gasteiger charge is -2.39. The summed E-state index contributed by atoms with van der Waals surface area (Å²) < 4.78 is 5.19. The monoisotopic (exact) mass is 349 g/mol. The van der Waals surface area contributed by atoms with Crippen LogP contribution in [0.2, 0.25) is 0 Å². The molecule has 0 aliphatic heterocycles. The van der Waals surface area contributed by atoms with Crippen molar-refractivity contribution in [2.24, 2.45) is 5.41 Å². The van der Waals surface area contributed by atoms with Gasteiger partial charge in [-0.05, 0) is 32.3 Å². The highest BCUT2D eigenvalue weighted by atomic mass is 32.1. The van der Waals surface area contributed by atoms with Gasteiger partial charge in [-0.3, -0.25) is 9.59 Å². The van der Waals surface area contributed by atoms with Crippen molar-refractivity contribution in [3.05, 3.63) is 26.6 Å². The van der Waals surface area contributed by atoms with Crippen molar-refractivity contribution in [2.45, 2.75) is 39.5 Å². The molecule has 1 aliphatic rings. The van der Waals surface area contributed by atoms with E-state index in [1.165, 1.54) is 11.3 Å². The predicted molar refractivity (Wildman–Crippen MR) is 94.6 cm³/mol. The molecule has 2 aromatic heterocycles. The summed E-state index contributed by atoms with van der Waals surface area (Å²) in [6.45, 7) is 4.86. The molecule has 0 atom stereocenters. The van der Waals surface area contributed by atoms with Crippen LogP contribution in [0.25, 0.3) is 10.2 Å². The van der Waals surface area contributed by atoms with E-state index in [9.17, 15) is 9.59 Å². The van der Waals surface area contributed by atoms with Crippen LogP contribution in [0.4, 0.5) is 0 Å². The van der Waals surface area contributed by atoms with Crippen LogP contribution in [-0.2, 0) is 16.0 Å². The van der Waals surface area contributed by atoms with Gasteiger partial charge in [0, 0.05) is 25.0 Å². The lowest BCUT2D eigenvalue weighted by atomic mass is 9.68. The van der Waals surface area contributed by atoms with Crippen LogP contribution in [0, 0.1) is 19.3 Å². The number of aromatic nitrogens is 2. The standard InChI is InChI=1S/C17H23N3O3S/c1-10-11(2)24-15-13(10)14(21)19-12(20-15)5-8-18-16(22)17(9-23-3)6-4-7-17/h4-9H2,1-3H3,(H,18,22)(H,19,20,21). The molecule has 130 valence electrons. The van der Waals surface area contributed by atoms with Crippen LogP contribution < -0.4 is 10.9 Å². The minimum Gasteiger partial charge on any atom is -0.384 e. The van der Waals surface area contributed by atoms with Crippen molar-refractivity contribution in [1.82, 2.24) is 15.3 Å². The summed E-state index contributed by atoms with van der Waals surface area (Å²) in [6.07, 6.45) is 3.33. The summed E-state index contributed by atoms with van der Waals surface area (Å²) in [5, 5.41) is 3.64. The lowest BCUT2D eigenvalue weighted by Crippen LogP contribution is -2.49. The first-order valence-electron chi connectivity index (χ1n) is 8.23. The highest BCUT2D eigenvalue weighted by Crippen LogP contribution is 2.41. The van der Waals surface area contributed by atoms with Crippen molar-refractivity contribution in [2.75, 3.05) is 20.3 Å². The molecule has 6 nitrogen and oxygen atoms in total. The van der Waals surface area contributed by atoms with Gasteiger partial charge in [-0.1, -0.05) is 6.42 Å². The zero-order chi connectivity index (χ0) is 17.3. The largest absolute Gasteiger partial charge is 0.384 e. The molecule has 2 N–H and O–H groups in total. The summed E-state index contributed by atoms with van der Waals surface area (Å²) in [4.78, 5) is 33.9. The minimum atomic E-state index is -0.360. The van der Waals surface area contributed by atoms with Gasteiger partial charge < -0.3 is 15.0 Å². The third-order valence-corrected chi connectivity index (χ3v) is 6.05. The second kappa shape index (κ2) is 6.64. The predicted octanol–water partition coefficient (Wildman–Crippen LogP) is 2.08. The number of amides is 1. The van der Waals surface area contributed by atoms with Crippen molar-refractivity contribution in [3.8, 4) is 0 Å². The molecule has 2 heterocycles. The second-order valence-electron chi connectivity index (χ2n) is 6.55. The maximum Gasteiger partial charge on any atom is 0.259 e. The first-order chi connectivity index (χ1) is 11.5. The van der Waals surface area contributed by atoms with E-state index in [4.69, 9.17) is 4.74 Å². The van der Waals surface area contributed by atoms with Gasteiger partial charge in [0.25, 0.3) is 5.56 Å². The van der Waals surface area contributed by atoms with Crippen LogP contribution in [0.5, 0.6) is 0 Å². The molecule has 0 spiro atoms. The normalized spacial score (nSPS) is 16.1. The molecule has 1 saturated carbocycles. The Bertz CT molecular complexity index is 820. The van der Waals surface area contributed by atoms with E-state index >= 15 is 0 Å². The Morgan fingerprint density at radius 1 is 1.42 bits per heavy atom. The number of thiophene rings is 1. The number of hydrogen-bond donors (Lipinski definition) is 2. The van der Waals surface area contributed by atoms with Crippen LogP contribution in [0.15, 0.2) is 4.79 Å². The van der Waals surface area contributed by atoms with Gasteiger partial charge in [-0.15, -0.1) is 11.3 Å². The summed E-state index contributed by atoms with van der Waals surface area (Å²) >= 11 is 1.54. The van der Waals surface area contributed by atoms with E-state index < -0.39 is 0 Å². The topological polar surface area (TPSA) is 84.1 Å². The van der Waals surface area contributed by atoms with E-state index in [2.05, 4.69) is 15.3 Å². The molecule has 3 rings (SSSR count). The van der Waals surface area contributed by atoms with E-state index in [1.54, 1.807) is 7.11 Å². The zero-order valence-electron chi connectivity index (χ0n) is 14.3. The molecule has 0 saturated heterocycles. The van der Waals surface area contributed by atoms with Crippen molar-refractivity contribution >= 4 is 27.5 Å². The molecule has 0 aromatic carbocycles. The fourth-order valence-corrected chi connectivity index (χ4v) is 4.27. The second-order valence-corrected chi connectivity index (χ2v) is 7.75. The van der Waals surface area contributed by atoms with Gasteiger partial charge in [0.1, 0.15) is 10.7 Å². The average molecular weight is 349 g/mol. The van der Waals surface area contributed by atoms with E-state index in [0.717, 1.165) is 34.5 Å². The first-order valence-corrected chi connectivity index (χ1v) is 9.04. The highest BCUT2D eigenvalue weighted by Gasteiger charge is 2.43. The minimum absolute atomic E-state index is 0.0434. The molecule has 1 amide bonds. The van der Waals surface area contributed by atoms with Crippen molar-refractivity contribution in [1.29, 1.82) is 0 Å². The molecular formula is C17H23N3O3S. The summed E-state index contributed by atoms with van der Waals surface area (Å²) in [7, 11) is 1.63. The first kappa shape index (κ1) is 17.1. The van der Waals surface area contributed by atoms with Crippen LogP contribution in [0.3, 0.4) is 0 Å². The molecule has 24 heavy (non-hydrogen) atoms. The quantitative estimate of drug-likeness (QED) is 0.836. The highest BCUT2D eigenvalue weighted by molar-refractivity contribution is 7.18. The maximum atomic E-state index is 12.4. The Hall–Kier alpha value is -1.73. The van der Waals surface area contributed by atoms with Crippen molar-refractivity contribution in [3.63, 3.8) is 0 Å². The smallest absolute Gasteiger partial charge is 0.259 e. The number of hydrogen-bond acceptors (Lipinski definition) is 5. The SMILES string of the molecule is COCC1(C(=O)NCCc2nc3sc(C)c(C)c3c(=O)[nH]2)CCC1. The van der Waals surface area contributed by atoms with Crippen LogP contribution in [-0.4, -0.2) is 36.1 Å². The van der Waals surface area contributed by atoms with Gasteiger partial charge in [-0.25, -0.2) is 4.98 Å². The Morgan fingerprint density at radius 2 is 2.17 bits per heavy atom.